The summed E-state index contributed by atoms with van der Waals surface area (Å²) in [7, 11) is -3.62. The first-order chi connectivity index (χ1) is 9.83. The van der Waals surface area contributed by atoms with Crippen LogP contribution in [0.1, 0.15) is 11.1 Å². The van der Waals surface area contributed by atoms with Gasteiger partial charge in [0, 0.05) is 14.3 Å². The molecular weight excluding hydrogens is 486 g/mol. The van der Waals surface area contributed by atoms with Gasteiger partial charge in [0.2, 0.25) is 0 Å². The number of halogens is 3. The van der Waals surface area contributed by atoms with E-state index in [-0.39, 0.29) is 4.90 Å². The summed E-state index contributed by atoms with van der Waals surface area (Å²) in [6, 6.07) is 10.5. The van der Waals surface area contributed by atoms with Crippen molar-refractivity contribution >= 4 is 63.5 Å². The van der Waals surface area contributed by atoms with E-state index in [0.717, 1.165) is 11.1 Å². The van der Waals surface area contributed by atoms with Crippen LogP contribution in [0.3, 0.4) is 0 Å². The van der Waals surface area contributed by atoms with Gasteiger partial charge in [0.05, 0.1) is 10.6 Å². The van der Waals surface area contributed by atoms with Gasteiger partial charge in [-0.2, -0.15) is 0 Å². The average molecular weight is 498 g/mol. The molecule has 0 atom stereocenters. The Morgan fingerprint density at radius 1 is 1.05 bits per heavy atom. The van der Waals surface area contributed by atoms with E-state index in [1.54, 1.807) is 24.3 Å². The molecule has 21 heavy (non-hydrogen) atoms. The number of hydrogen-bond donors (Lipinski definition) is 1. The van der Waals surface area contributed by atoms with E-state index in [4.69, 9.17) is 0 Å². The third-order valence-corrected chi connectivity index (χ3v) is 6.07. The summed E-state index contributed by atoms with van der Waals surface area (Å²) in [5, 5.41) is 0.690. The van der Waals surface area contributed by atoms with Crippen molar-refractivity contribution in [2.24, 2.45) is 0 Å². The smallest absolute Gasteiger partial charge is 0.261 e. The predicted octanol–water partition coefficient (Wildman–Crippen LogP) is 5.22. The Morgan fingerprint density at radius 3 is 2.05 bits per heavy atom. The molecule has 2 aromatic carbocycles. The fraction of sp³-hybridized carbons (Fsp3) is 0.143. The van der Waals surface area contributed by atoms with Crippen LogP contribution < -0.4 is 4.72 Å². The van der Waals surface area contributed by atoms with Crippen LogP contribution in [0, 0.1) is 6.92 Å². The van der Waals surface area contributed by atoms with Gasteiger partial charge in [-0.05, 0) is 74.2 Å². The lowest BCUT2D eigenvalue weighted by Crippen LogP contribution is -2.13. The highest BCUT2D eigenvalue weighted by Gasteiger charge is 2.17. The molecule has 1 N–H and O–H groups in total. The lowest BCUT2D eigenvalue weighted by molar-refractivity contribution is 0.601. The lowest BCUT2D eigenvalue weighted by atomic mass is 10.2. The normalized spacial score (nSPS) is 11.4. The lowest BCUT2D eigenvalue weighted by Gasteiger charge is -2.12. The topological polar surface area (TPSA) is 46.2 Å². The molecule has 0 amide bonds. The number of sulfonamides is 1. The Labute approximate surface area is 149 Å². The van der Waals surface area contributed by atoms with E-state index in [9.17, 15) is 8.42 Å². The first-order valence-corrected chi connectivity index (χ1v) is 10.2. The summed E-state index contributed by atoms with van der Waals surface area (Å²) >= 11 is 10.1. The summed E-state index contributed by atoms with van der Waals surface area (Å²) in [6.45, 7) is 1.94. The number of aryl methyl sites for hydroxylation is 1. The minimum Gasteiger partial charge on any atom is -0.277 e. The fourth-order valence-corrected chi connectivity index (χ4v) is 5.10. The molecule has 0 aliphatic heterocycles. The second kappa shape index (κ2) is 6.81. The standard InChI is InChI=1S/C14H12Br3NO2S/c1-9-6-12(16)14(13(17)7-9)18-21(19,20)11-4-2-10(8-15)3-5-11/h2-7,18H,8H2,1H3. The van der Waals surface area contributed by atoms with Gasteiger partial charge in [0.15, 0.2) is 0 Å². The second-order valence-electron chi connectivity index (χ2n) is 4.49. The van der Waals surface area contributed by atoms with Crippen LogP contribution in [-0.2, 0) is 15.4 Å². The highest BCUT2D eigenvalue weighted by atomic mass is 79.9. The minimum absolute atomic E-state index is 0.228. The molecule has 2 rings (SSSR count). The molecule has 0 bridgehead atoms. The number of nitrogens with one attached hydrogen (secondary N) is 1. The average Bonchev–Trinajstić information content (AvgIpc) is 2.43. The molecule has 7 heteroatoms. The van der Waals surface area contributed by atoms with E-state index in [1.165, 1.54) is 0 Å². The highest BCUT2D eigenvalue weighted by molar-refractivity contribution is 9.11. The Balaban J connectivity index is 2.37. The Hall–Kier alpha value is -0.370. The summed E-state index contributed by atoms with van der Waals surface area (Å²) in [5.41, 5.74) is 2.54. The Kier molecular flexibility index (Phi) is 5.51. The molecule has 0 aliphatic rings. The minimum atomic E-state index is -3.62. The van der Waals surface area contributed by atoms with Gasteiger partial charge in [-0.25, -0.2) is 8.42 Å². The van der Waals surface area contributed by atoms with Gasteiger partial charge in [-0.1, -0.05) is 28.1 Å². The van der Waals surface area contributed by atoms with Gasteiger partial charge in [0.1, 0.15) is 0 Å². The van der Waals surface area contributed by atoms with Crippen LogP contribution in [-0.4, -0.2) is 8.42 Å². The van der Waals surface area contributed by atoms with Crippen LogP contribution in [0.2, 0.25) is 0 Å². The molecule has 2 aromatic rings. The van der Waals surface area contributed by atoms with E-state index in [2.05, 4.69) is 52.5 Å². The van der Waals surface area contributed by atoms with Crippen LogP contribution in [0.4, 0.5) is 5.69 Å². The quantitative estimate of drug-likeness (QED) is 0.589. The van der Waals surface area contributed by atoms with Crippen molar-refractivity contribution in [1.29, 1.82) is 0 Å². The fourth-order valence-electron chi connectivity index (χ4n) is 1.75. The molecule has 0 saturated heterocycles. The van der Waals surface area contributed by atoms with E-state index in [0.29, 0.717) is 20.0 Å². The van der Waals surface area contributed by atoms with Crippen molar-refractivity contribution in [3.05, 3.63) is 56.5 Å². The first kappa shape index (κ1) is 17.0. The molecule has 112 valence electrons. The summed E-state index contributed by atoms with van der Waals surface area (Å²) in [6.07, 6.45) is 0. The summed E-state index contributed by atoms with van der Waals surface area (Å²) < 4.78 is 28.8. The SMILES string of the molecule is Cc1cc(Br)c(NS(=O)(=O)c2ccc(CBr)cc2)c(Br)c1. The van der Waals surface area contributed by atoms with E-state index < -0.39 is 10.0 Å². The maximum atomic E-state index is 12.4. The maximum Gasteiger partial charge on any atom is 0.261 e. The summed E-state index contributed by atoms with van der Waals surface area (Å²) in [5.74, 6) is 0. The van der Waals surface area contributed by atoms with Crippen molar-refractivity contribution in [2.75, 3.05) is 4.72 Å². The molecule has 3 nitrogen and oxygen atoms in total. The highest BCUT2D eigenvalue weighted by Crippen LogP contribution is 2.34. The number of rotatable bonds is 4. The van der Waals surface area contributed by atoms with E-state index >= 15 is 0 Å². The van der Waals surface area contributed by atoms with Crippen molar-refractivity contribution < 1.29 is 8.42 Å². The molecule has 0 unspecified atom stereocenters. The summed E-state index contributed by atoms with van der Waals surface area (Å²) in [4.78, 5) is 0.228. The molecule has 0 aliphatic carbocycles. The largest absolute Gasteiger partial charge is 0.277 e. The van der Waals surface area contributed by atoms with E-state index in [1.807, 2.05) is 19.1 Å². The number of alkyl halides is 1. The number of hydrogen-bond acceptors (Lipinski definition) is 2. The molecule has 0 heterocycles. The Morgan fingerprint density at radius 2 is 1.57 bits per heavy atom. The zero-order valence-electron chi connectivity index (χ0n) is 11.0. The van der Waals surface area contributed by atoms with Gasteiger partial charge >= 0.3 is 0 Å². The molecule has 0 radical (unpaired) electrons. The van der Waals surface area contributed by atoms with Gasteiger partial charge in [0.25, 0.3) is 10.0 Å². The maximum absolute atomic E-state index is 12.4. The van der Waals surface area contributed by atoms with Crippen LogP contribution in [0.25, 0.3) is 0 Å². The first-order valence-electron chi connectivity index (χ1n) is 5.97. The number of benzene rings is 2. The second-order valence-corrected chi connectivity index (χ2v) is 8.44. The Bertz CT molecular complexity index is 735. The van der Waals surface area contributed by atoms with Crippen molar-refractivity contribution in [1.82, 2.24) is 0 Å². The number of anilines is 1. The van der Waals surface area contributed by atoms with Crippen molar-refractivity contribution in [2.45, 2.75) is 17.1 Å². The molecule has 0 fully saturated rings. The van der Waals surface area contributed by atoms with Crippen LogP contribution >= 0.6 is 47.8 Å². The van der Waals surface area contributed by atoms with Gasteiger partial charge in [-0.15, -0.1) is 0 Å². The van der Waals surface area contributed by atoms with Gasteiger partial charge < -0.3 is 0 Å². The van der Waals surface area contributed by atoms with Crippen molar-refractivity contribution in [3.8, 4) is 0 Å². The molecular formula is C14H12Br3NO2S. The monoisotopic (exact) mass is 495 g/mol. The third-order valence-electron chi connectivity index (χ3n) is 2.81. The van der Waals surface area contributed by atoms with Crippen molar-refractivity contribution in [3.63, 3.8) is 0 Å². The third kappa shape index (κ3) is 4.09. The predicted molar refractivity (Wildman–Crippen MR) is 96.5 cm³/mol. The molecule has 0 saturated carbocycles. The molecule has 0 spiro atoms. The zero-order chi connectivity index (χ0) is 15.6. The van der Waals surface area contributed by atoms with Crippen LogP contribution in [0.15, 0.2) is 50.2 Å². The van der Waals surface area contributed by atoms with Gasteiger partial charge in [-0.3, -0.25) is 4.72 Å². The zero-order valence-corrected chi connectivity index (χ0v) is 16.6. The van der Waals surface area contributed by atoms with Crippen LogP contribution in [0.5, 0.6) is 0 Å². The molecule has 0 aromatic heterocycles.